The number of guanidine groups is 1. The molecule has 1 heterocycles. The Morgan fingerprint density at radius 3 is 2.46 bits per heavy atom. The fourth-order valence-corrected chi connectivity index (χ4v) is 3.07. The molecule has 0 fully saturated rings. The van der Waals surface area contributed by atoms with Crippen molar-refractivity contribution in [2.75, 3.05) is 0 Å². The third kappa shape index (κ3) is 3.01. The first-order chi connectivity index (χ1) is 12.3. The summed E-state index contributed by atoms with van der Waals surface area (Å²) < 4.78 is 14.7. The number of rotatable bonds is 2. The maximum Gasteiger partial charge on any atom is 0.280 e. The van der Waals surface area contributed by atoms with Crippen LogP contribution in [-0.4, -0.2) is 16.9 Å². The predicted molar refractivity (Wildman–Crippen MR) is 101 cm³/mol. The first kappa shape index (κ1) is 17.5. The molecule has 0 unspecified atom stereocenters. The van der Waals surface area contributed by atoms with Gasteiger partial charge in [-0.15, -0.1) is 0 Å². The Kier molecular flexibility index (Phi) is 4.42. The number of nitrogens with zero attached hydrogens (tertiary/aromatic N) is 2. The van der Waals surface area contributed by atoms with Gasteiger partial charge in [0.15, 0.2) is 5.96 Å². The van der Waals surface area contributed by atoms with Gasteiger partial charge in [0.1, 0.15) is 5.82 Å². The highest BCUT2D eigenvalue weighted by Gasteiger charge is 2.18. The number of carbonyl (C=O) groups is 1. The maximum atomic E-state index is 14.7. The lowest BCUT2D eigenvalue weighted by atomic mass is 9.91. The number of amides is 1. The summed E-state index contributed by atoms with van der Waals surface area (Å²) in [6.45, 7) is 5.63. The predicted octanol–water partition coefficient (Wildman–Crippen LogP) is 3.38. The third-order valence-electron chi connectivity index (χ3n) is 4.42. The third-order valence-corrected chi connectivity index (χ3v) is 4.42. The van der Waals surface area contributed by atoms with Gasteiger partial charge in [0.25, 0.3) is 5.91 Å². The van der Waals surface area contributed by atoms with E-state index in [0.717, 1.165) is 22.4 Å². The van der Waals surface area contributed by atoms with Gasteiger partial charge in [0.05, 0.1) is 5.52 Å². The van der Waals surface area contributed by atoms with Crippen LogP contribution in [0.3, 0.4) is 0 Å². The van der Waals surface area contributed by atoms with Gasteiger partial charge in [-0.2, -0.15) is 4.99 Å². The zero-order valence-electron chi connectivity index (χ0n) is 14.8. The minimum absolute atomic E-state index is 0.307. The molecule has 0 aliphatic carbocycles. The van der Waals surface area contributed by atoms with E-state index in [1.807, 2.05) is 26.8 Å². The molecule has 1 aromatic heterocycles. The van der Waals surface area contributed by atoms with Crippen molar-refractivity contribution in [1.82, 2.24) is 4.98 Å². The average Bonchev–Trinajstić information content (AvgIpc) is 2.57. The normalized spacial score (nSPS) is 10.8. The minimum Gasteiger partial charge on any atom is -0.370 e. The van der Waals surface area contributed by atoms with Crippen LogP contribution in [-0.2, 0) is 0 Å². The smallest absolute Gasteiger partial charge is 0.280 e. The van der Waals surface area contributed by atoms with Crippen LogP contribution in [0.4, 0.5) is 4.39 Å². The SMILES string of the molecule is Cc1cccc(F)c1-c1c(C)c(C)nc2ccc(C(=O)N=C(N)N)cc12. The molecule has 0 aliphatic heterocycles. The molecule has 0 spiro atoms. The molecular formula is C20H19FN4O. The Morgan fingerprint density at radius 1 is 1.08 bits per heavy atom. The van der Waals surface area contributed by atoms with Gasteiger partial charge in [-0.25, -0.2) is 4.39 Å². The molecule has 3 rings (SSSR count). The summed E-state index contributed by atoms with van der Waals surface area (Å²) in [4.78, 5) is 20.3. The topological polar surface area (TPSA) is 94.4 Å². The fourth-order valence-electron chi connectivity index (χ4n) is 3.07. The van der Waals surface area contributed by atoms with Crippen molar-refractivity contribution >= 4 is 22.8 Å². The summed E-state index contributed by atoms with van der Waals surface area (Å²) in [7, 11) is 0. The van der Waals surface area contributed by atoms with Crippen LogP contribution in [0, 0.1) is 26.6 Å². The van der Waals surface area contributed by atoms with E-state index in [9.17, 15) is 9.18 Å². The Morgan fingerprint density at radius 2 is 1.81 bits per heavy atom. The molecule has 0 atom stereocenters. The van der Waals surface area contributed by atoms with E-state index in [-0.39, 0.29) is 11.8 Å². The van der Waals surface area contributed by atoms with Gasteiger partial charge >= 0.3 is 0 Å². The zero-order chi connectivity index (χ0) is 19.0. The van der Waals surface area contributed by atoms with E-state index < -0.39 is 5.91 Å². The first-order valence-electron chi connectivity index (χ1n) is 8.10. The second-order valence-corrected chi connectivity index (χ2v) is 6.20. The second kappa shape index (κ2) is 6.55. The number of halogens is 1. The minimum atomic E-state index is -0.554. The summed E-state index contributed by atoms with van der Waals surface area (Å²) in [6, 6.07) is 9.94. The van der Waals surface area contributed by atoms with Crippen molar-refractivity contribution in [2.45, 2.75) is 20.8 Å². The zero-order valence-corrected chi connectivity index (χ0v) is 14.8. The maximum absolute atomic E-state index is 14.7. The van der Waals surface area contributed by atoms with Crippen LogP contribution in [0.1, 0.15) is 27.2 Å². The van der Waals surface area contributed by atoms with Gasteiger partial charge in [0, 0.05) is 22.2 Å². The summed E-state index contributed by atoms with van der Waals surface area (Å²) in [5.41, 5.74) is 15.3. The number of benzene rings is 2. The van der Waals surface area contributed by atoms with Gasteiger partial charge in [0.2, 0.25) is 0 Å². The summed E-state index contributed by atoms with van der Waals surface area (Å²) in [5.74, 6) is -1.18. The van der Waals surface area contributed by atoms with Crippen molar-refractivity contribution in [1.29, 1.82) is 0 Å². The Balaban J connectivity index is 2.39. The number of fused-ring (bicyclic) bond motifs is 1. The number of pyridine rings is 1. The molecule has 3 aromatic rings. The Labute approximate surface area is 150 Å². The Bertz CT molecular complexity index is 1050. The van der Waals surface area contributed by atoms with Gasteiger partial charge in [-0.1, -0.05) is 12.1 Å². The van der Waals surface area contributed by atoms with E-state index >= 15 is 0 Å². The molecule has 4 N–H and O–H groups in total. The van der Waals surface area contributed by atoms with E-state index in [2.05, 4.69) is 9.98 Å². The standard InChI is InChI=1S/C20H19FN4O/c1-10-5-4-6-15(21)17(10)18-11(2)12(3)24-16-8-7-13(9-14(16)18)19(26)25-20(22)23/h4-9H,1-3H3,(H4,22,23,25,26). The average molecular weight is 350 g/mol. The van der Waals surface area contributed by atoms with Crippen LogP contribution < -0.4 is 11.5 Å². The quantitative estimate of drug-likeness (QED) is 0.547. The summed E-state index contributed by atoms with van der Waals surface area (Å²) >= 11 is 0. The lowest BCUT2D eigenvalue weighted by molar-refractivity contribution is 0.100. The van der Waals surface area contributed by atoms with E-state index in [4.69, 9.17) is 11.5 Å². The summed E-state index contributed by atoms with van der Waals surface area (Å²) in [5, 5.41) is 0.679. The van der Waals surface area contributed by atoms with Crippen molar-refractivity contribution in [2.24, 2.45) is 16.5 Å². The highest BCUT2D eigenvalue weighted by atomic mass is 19.1. The summed E-state index contributed by atoms with van der Waals surface area (Å²) in [6.07, 6.45) is 0. The van der Waals surface area contributed by atoms with Crippen molar-refractivity contribution < 1.29 is 9.18 Å². The van der Waals surface area contributed by atoms with Gasteiger partial charge in [-0.05, 0) is 61.7 Å². The molecule has 0 aliphatic rings. The highest BCUT2D eigenvalue weighted by molar-refractivity contribution is 6.06. The van der Waals surface area contributed by atoms with Crippen molar-refractivity contribution in [3.05, 3.63) is 64.6 Å². The fraction of sp³-hybridized carbons (Fsp3) is 0.150. The lowest BCUT2D eigenvalue weighted by Gasteiger charge is -2.16. The molecule has 132 valence electrons. The number of hydrogen-bond acceptors (Lipinski definition) is 2. The highest BCUT2D eigenvalue weighted by Crippen LogP contribution is 2.36. The monoisotopic (exact) mass is 350 g/mol. The number of aryl methyl sites for hydroxylation is 2. The van der Waals surface area contributed by atoms with Crippen LogP contribution in [0.2, 0.25) is 0 Å². The number of hydrogen-bond donors (Lipinski definition) is 2. The van der Waals surface area contributed by atoms with Crippen LogP contribution >= 0.6 is 0 Å². The van der Waals surface area contributed by atoms with Gasteiger partial charge in [-0.3, -0.25) is 9.78 Å². The Hall–Kier alpha value is -3.28. The number of carbonyl (C=O) groups excluding carboxylic acids is 1. The molecule has 0 saturated carbocycles. The lowest BCUT2D eigenvalue weighted by Crippen LogP contribution is -2.24. The first-order valence-corrected chi connectivity index (χ1v) is 8.10. The van der Waals surface area contributed by atoms with Crippen molar-refractivity contribution in [3.8, 4) is 11.1 Å². The van der Waals surface area contributed by atoms with Crippen molar-refractivity contribution in [3.63, 3.8) is 0 Å². The van der Waals surface area contributed by atoms with Gasteiger partial charge < -0.3 is 11.5 Å². The number of aromatic nitrogens is 1. The number of nitrogens with two attached hydrogens (primary N) is 2. The molecule has 5 nitrogen and oxygen atoms in total. The van der Waals surface area contributed by atoms with Crippen LogP contribution in [0.5, 0.6) is 0 Å². The molecule has 0 saturated heterocycles. The van der Waals surface area contributed by atoms with E-state index in [0.29, 0.717) is 22.0 Å². The van der Waals surface area contributed by atoms with Crippen LogP contribution in [0.25, 0.3) is 22.0 Å². The van der Waals surface area contributed by atoms with E-state index in [1.54, 1.807) is 24.3 Å². The number of aliphatic imine (C=N–C) groups is 1. The second-order valence-electron chi connectivity index (χ2n) is 6.20. The molecule has 26 heavy (non-hydrogen) atoms. The molecule has 2 aromatic carbocycles. The molecule has 0 bridgehead atoms. The van der Waals surface area contributed by atoms with E-state index in [1.165, 1.54) is 6.07 Å². The van der Waals surface area contributed by atoms with Crippen LogP contribution in [0.15, 0.2) is 41.4 Å². The molecular weight excluding hydrogens is 331 g/mol. The molecule has 0 radical (unpaired) electrons. The molecule has 6 heteroatoms. The molecule has 1 amide bonds. The largest absolute Gasteiger partial charge is 0.370 e.